The summed E-state index contributed by atoms with van der Waals surface area (Å²) in [5.74, 6) is 1.25. The largest absolute Gasteiger partial charge is 0.294 e. The predicted octanol–water partition coefficient (Wildman–Crippen LogP) is 3.48. The highest BCUT2D eigenvalue weighted by molar-refractivity contribution is 5.99. The Bertz CT molecular complexity index is 350. The maximum absolute atomic E-state index is 11.9. The zero-order valence-electron chi connectivity index (χ0n) is 9.49. The van der Waals surface area contributed by atoms with E-state index in [1.807, 2.05) is 12.1 Å². The first-order valence-corrected chi connectivity index (χ1v) is 5.85. The molecule has 1 aliphatic rings. The zero-order chi connectivity index (χ0) is 10.8. The molecule has 0 aliphatic heterocycles. The lowest BCUT2D eigenvalue weighted by Crippen LogP contribution is -2.02. The van der Waals surface area contributed by atoms with Crippen LogP contribution in [-0.4, -0.2) is 5.78 Å². The Hall–Kier alpha value is -1.11. The van der Waals surface area contributed by atoms with Gasteiger partial charge in [0.05, 0.1) is 0 Å². The van der Waals surface area contributed by atoms with Gasteiger partial charge in [0.15, 0.2) is 5.78 Å². The number of carbonyl (C=O) groups is 1. The lowest BCUT2D eigenvalue weighted by Gasteiger charge is -2.01. The number of rotatable bonds is 4. The molecule has 1 heteroatoms. The lowest BCUT2D eigenvalue weighted by atomic mass is 10.0. The second-order valence-corrected chi connectivity index (χ2v) is 4.63. The molecule has 1 fully saturated rings. The van der Waals surface area contributed by atoms with Gasteiger partial charge in [-0.05, 0) is 24.3 Å². The Kier molecular flexibility index (Phi) is 2.90. The maximum atomic E-state index is 11.9. The monoisotopic (exact) mass is 202 g/mol. The Morgan fingerprint density at radius 3 is 2.40 bits per heavy atom. The molecule has 0 aromatic heterocycles. The number of ketones is 1. The van der Waals surface area contributed by atoms with E-state index in [0.29, 0.717) is 17.6 Å². The predicted molar refractivity (Wildman–Crippen MR) is 62.0 cm³/mol. The summed E-state index contributed by atoms with van der Waals surface area (Å²) in [5.41, 5.74) is 2.22. The lowest BCUT2D eigenvalue weighted by molar-refractivity contribution is 0.0962. The van der Waals surface area contributed by atoms with Gasteiger partial charge in [-0.3, -0.25) is 4.79 Å². The second-order valence-electron chi connectivity index (χ2n) is 4.63. The molecular formula is C14H18O. The standard InChI is InChI=1S/C14H18O/c1-3-4-11-5-7-12(8-6-11)14(15)13-9-10(13)2/h5-8,10,13H,3-4,9H2,1-2H3. The van der Waals surface area contributed by atoms with Crippen molar-refractivity contribution in [3.8, 4) is 0 Å². The molecule has 0 saturated heterocycles. The molecule has 1 aliphatic carbocycles. The normalized spacial score (nSPS) is 23.9. The average Bonchev–Trinajstić information content (AvgIpc) is 2.96. The van der Waals surface area contributed by atoms with E-state index in [-0.39, 0.29) is 0 Å². The Balaban J connectivity index is 2.06. The van der Waals surface area contributed by atoms with Crippen molar-refractivity contribution in [3.05, 3.63) is 35.4 Å². The number of hydrogen-bond acceptors (Lipinski definition) is 1. The quantitative estimate of drug-likeness (QED) is 0.683. The topological polar surface area (TPSA) is 17.1 Å². The summed E-state index contributed by atoms with van der Waals surface area (Å²) >= 11 is 0. The number of benzene rings is 1. The number of hydrogen-bond donors (Lipinski definition) is 0. The van der Waals surface area contributed by atoms with Crippen molar-refractivity contribution in [2.45, 2.75) is 33.1 Å². The molecular weight excluding hydrogens is 184 g/mol. The van der Waals surface area contributed by atoms with Crippen LogP contribution in [0.25, 0.3) is 0 Å². The van der Waals surface area contributed by atoms with E-state index < -0.39 is 0 Å². The average molecular weight is 202 g/mol. The van der Waals surface area contributed by atoms with E-state index in [1.54, 1.807) is 0 Å². The highest BCUT2D eigenvalue weighted by Gasteiger charge is 2.39. The fourth-order valence-electron chi connectivity index (χ4n) is 2.03. The second kappa shape index (κ2) is 4.18. The van der Waals surface area contributed by atoms with Crippen LogP contribution in [0.4, 0.5) is 0 Å². The summed E-state index contributed by atoms with van der Waals surface area (Å²) in [6, 6.07) is 8.14. The van der Waals surface area contributed by atoms with Crippen LogP contribution in [0.5, 0.6) is 0 Å². The van der Waals surface area contributed by atoms with Crippen molar-refractivity contribution in [2.75, 3.05) is 0 Å². The van der Waals surface area contributed by atoms with Gasteiger partial charge in [-0.25, -0.2) is 0 Å². The minimum Gasteiger partial charge on any atom is -0.294 e. The summed E-state index contributed by atoms with van der Waals surface area (Å²) < 4.78 is 0. The van der Waals surface area contributed by atoms with Crippen LogP contribution < -0.4 is 0 Å². The molecule has 0 bridgehead atoms. The fourth-order valence-corrected chi connectivity index (χ4v) is 2.03. The number of carbonyl (C=O) groups excluding carboxylic acids is 1. The molecule has 15 heavy (non-hydrogen) atoms. The smallest absolute Gasteiger partial charge is 0.166 e. The third-order valence-corrected chi connectivity index (χ3v) is 3.22. The summed E-state index contributed by atoms with van der Waals surface area (Å²) in [6.07, 6.45) is 3.34. The van der Waals surface area contributed by atoms with Crippen molar-refractivity contribution in [2.24, 2.45) is 11.8 Å². The Morgan fingerprint density at radius 2 is 1.93 bits per heavy atom. The molecule has 2 rings (SSSR count). The van der Waals surface area contributed by atoms with E-state index in [0.717, 1.165) is 24.8 Å². The van der Waals surface area contributed by atoms with Gasteiger partial charge >= 0.3 is 0 Å². The Labute approximate surface area is 91.5 Å². The summed E-state index contributed by atoms with van der Waals surface area (Å²) in [7, 11) is 0. The minimum atomic E-state index is 0.307. The van der Waals surface area contributed by atoms with Crippen LogP contribution in [0.1, 0.15) is 42.6 Å². The molecule has 1 nitrogen and oxygen atoms in total. The van der Waals surface area contributed by atoms with Gasteiger partial charge in [0.25, 0.3) is 0 Å². The van der Waals surface area contributed by atoms with Crippen LogP contribution in [0.2, 0.25) is 0 Å². The molecule has 80 valence electrons. The summed E-state index contributed by atoms with van der Waals surface area (Å²) in [4.78, 5) is 11.9. The SMILES string of the molecule is CCCc1ccc(C(=O)C2CC2C)cc1. The van der Waals surface area contributed by atoms with Gasteiger partial charge in [0.1, 0.15) is 0 Å². The van der Waals surface area contributed by atoms with E-state index in [9.17, 15) is 4.79 Å². The highest BCUT2D eigenvalue weighted by atomic mass is 16.1. The molecule has 1 aromatic rings. The number of aryl methyl sites for hydroxylation is 1. The Morgan fingerprint density at radius 1 is 1.33 bits per heavy atom. The van der Waals surface area contributed by atoms with Gasteiger partial charge in [-0.15, -0.1) is 0 Å². The summed E-state index contributed by atoms with van der Waals surface area (Å²) in [6.45, 7) is 4.32. The van der Waals surface area contributed by atoms with Crippen LogP contribution in [0.3, 0.4) is 0 Å². The van der Waals surface area contributed by atoms with E-state index in [1.165, 1.54) is 5.56 Å². The van der Waals surface area contributed by atoms with Crippen LogP contribution in [0.15, 0.2) is 24.3 Å². The first kappa shape index (κ1) is 10.4. The third-order valence-electron chi connectivity index (χ3n) is 3.22. The van der Waals surface area contributed by atoms with E-state index in [4.69, 9.17) is 0 Å². The van der Waals surface area contributed by atoms with Crippen molar-refractivity contribution >= 4 is 5.78 Å². The fraction of sp³-hybridized carbons (Fsp3) is 0.500. The van der Waals surface area contributed by atoms with Crippen molar-refractivity contribution < 1.29 is 4.79 Å². The van der Waals surface area contributed by atoms with Gasteiger partial charge < -0.3 is 0 Å². The van der Waals surface area contributed by atoms with Crippen molar-refractivity contribution in [1.82, 2.24) is 0 Å². The molecule has 1 saturated carbocycles. The third kappa shape index (κ3) is 2.28. The number of Topliss-reactive ketones (excluding diaryl/α,β-unsaturated/α-hetero) is 1. The van der Waals surface area contributed by atoms with Crippen molar-refractivity contribution in [1.29, 1.82) is 0 Å². The first-order valence-electron chi connectivity index (χ1n) is 5.85. The first-order chi connectivity index (χ1) is 7.22. The van der Waals surface area contributed by atoms with Gasteiger partial charge in [-0.2, -0.15) is 0 Å². The highest BCUT2D eigenvalue weighted by Crippen LogP contribution is 2.40. The molecule has 2 unspecified atom stereocenters. The molecule has 0 heterocycles. The van der Waals surface area contributed by atoms with Gasteiger partial charge in [0.2, 0.25) is 0 Å². The molecule has 0 amide bonds. The van der Waals surface area contributed by atoms with Crippen molar-refractivity contribution in [3.63, 3.8) is 0 Å². The minimum absolute atomic E-state index is 0.307. The van der Waals surface area contributed by atoms with Crippen LogP contribution in [0, 0.1) is 11.8 Å². The van der Waals surface area contributed by atoms with Gasteiger partial charge in [0, 0.05) is 11.5 Å². The van der Waals surface area contributed by atoms with Crippen LogP contribution >= 0.6 is 0 Å². The molecule has 0 radical (unpaired) electrons. The van der Waals surface area contributed by atoms with Crippen LogP contribution in [-0.2, 0) is 6.42 Å². The van der Waals surface area contributed by atoms with E-state index >= 15 is 0 Å². The van der Waals surface area contributed by atoms with E-state index in [2.05, 4.69) is 26.0 Å². The summed E-state index contributed by atoms with van der Waals surface area (Å²) in [5, 5.41) is 0. The molecule has 1 aromatic carbocycles. The molecule has 0 spiro atoms. The molecule has 2 atom stereocenters. The van der Waals surface area contributed by atoms with Gasteiger partial charge in [-0.1, -0.05) is 44.5 Å². The zero-order valence-corrected chi connectivity index (χ0v) is 9.49. The molecule has 0 N–H and O–H groups in total. The maximum Gasteiger partial charge on any atom is 0.166 e.